The van der Waals surface area contributed by atoms with E-state index in [2.05, 4.69) is 4.72 Å². The zero-order valence-corrected chi connectivity index (χ0v) is 12.8. The monoisotopic (exact) mass is 320 g/mol. The summed E-state index contributed by atoms with van der Waals surface area (Å²) in [6.45, 7) is 1.57. The van der Waals surface area contributed by atoms with E-state index in [9.17, 15) is 13.2 Å². The quantitative estimate of drug-likeness (QED) is 0.799. The number of carbonyl (C=O) groups is 1. The van der Waals surface area contributed by atoms with Crippen LogP contribution < -0.4 is 4.72 Å². The lowest BCUT2D eigenvalue weighted by Crippen LogP contribution is -2.40. The Hall–Kier alpha value is -1.15. The highest BCUT2D eigenvalue weighted by Crippen LogP contribution is 2.22. The molecule has 6 nitrogen and oxygen atoms in total. The first kappa shape index (κ1) is 16.9. The number of hydrogen-bond acceptors (Lipinski definition) is 3. The predicted octanol–water partition coefficient (Wildman–Crippen LogP) is 1.64. The van der Waals surface area contributed by atoms with Crippen LogP contribution in [0, 0.1) is 0 Å². The van der Waals surface area contributed by atoms with E-state index in [-0.39, 0.29) is 13.0 Å². The van der Waals surface area contributed by atoms with Crippen LogP contribution in [-0.4, -0.2) is 37.4 Å². The number of aliphatic carboxylic acids is 1. The molecule has 112 valence electrons. The number of rotatable bonds is 7. The van der Waals surface area contributed by atoms with Gasteiger partial charge in [0.25, 0.3) is 10.2 Å². The summed E-state index contributed by atoms with van der Waals surface area (Å²) in [6, 6.07) is 6.41. The van der Waals surface area contributed by atoms with Crippen molar-refractivity contribution in [3.05, 3.63) is 34.9 Å². The third-order valence-electron chi connectivity index (χ3n) is 2.75. The van der Waals surface area contributed by atoms with Crippen LogP contribution in [0.5, 0.6) is 0 Å². The molecule has 0 heterocycles. The zero-order valence-electron chi connectivity index (χ0n) is 11.2. The van der Waals surface area contributed by atoms with E-state index < -0.39 is 22.2 Å². The number of hydrogen-bond donors (Lipinski definition) is 2. The molecule has 0 spiro atoms. The standard InChI is InChI=1S/C12H17ClN2O4S/c1-9(10-5-3-4-6-11(10)13)14-20(18,19)15(2)8-7-12(16)17/h3-6,9,14H,7-8H2,1-2H3,(H,16,17)/t9-/m1/s1. The Kier molecular flexibility index (Phi) is 5.94. The Bertz CT molecular complexity index is 577. The highest BCUT2D eigenvalue weighted by molar-refractivity contribution is 7.87. The van der Waals surface area contributed by atoms with E-state index in [1.807, 2.05) is 0 Å². The number of nitrogens with one attached hydrogen (secondary N) is 1. The third-order valence-corrected chi connectivity index (χ3v) is 4.75. The summed E-state index contributed by atoms with van der Waals surface area (Å²) in [4.78, 5) is 10.5. The predicted molar refractivity (Wildman–Crippen MR) is 76.8 cm³/mol. The van der Waals surface area contributed by atoms with Gasteiger partial charge in [0, 0.05) is 24.7 Å². The van der Waals surface area contributed by atoms with Crippen LogP contribution in [0.4, 0.5) is 0 Å². The highest BCUT2D eigenvalue weighted by Gasteiger charge is 2.22. The van der Waals surface area contributed by atoms with Gasteiger partial charge in [-0.1, -0.05) is 29.8 Å². The smallest absolute Gasteiger partial charge is 0.304 e. The van der Waals surface area contributed by atoms with Gasteiger partial charge in [-0.2, -0.15) is 17.4 Å². The second kappa shape index (κ2) is 7.03. The topological polar surface area (TPSA) is 86.7 Å². The maximum absolute atomic E-state index is 12.0. The molecule has 1 aromatic carbocycles. The minimum Gasteiger partial charge on any atom is -0.481 e. The molecular weight excluding hydrogens is 304 g/mol. The van der Waals surface area contributed by atoms with E-state index in [1.165, 1.54) is 7.05 Å². The van der Waals surface area contributed by atoms with E-state index in [4.69, 9.17) is 16.7 Å². The fourth-order valence-corrected chi connectivity index (χ4v) is 2.96. The molecule has 1 atom stereocenters. The Morgan fingerprint density at radius 1 is 1.45 bits per heavy atom. The summed E-state index contributed by atoms with van der Waals surface area (Å²) in [7, 11) is -2.43. The highest BCUT2D eigenvalue weighted by atomic mass is 35.5. The number of carboxylic acids is 1. The molecule has 20 heavy (non-hydrogen) atoms. The fourth-order valence-electron chi connectivity index (χ4n) is 1.58. The van der Waals surface area contributed by atoms with Crippen molar-refractivity contribution in [2.24, 2.45) is 0 Å². The zero-order chi connectivity index (χ0) is 15.3. The maximum atomic E-state index is 12.0. The minimum absolute atomic E-state index is 0.0973. The average molecular weight is 321 g/mol. The molecule has 8 heteroatoms. The molecule has 0 amide bonds. The number of halogens is 1. The molecule has 0 aliphatic rings. The molecule has 0 saturated heterocycles. The Balaban J connectivity index is 2.75. The molecule has 1 aromatic rings. The first-order valence-electron chi connectivity index (χ1n) is 5.94. The van der Waals surface area contributed by atoms with Crippen molar-refractivity contribution in [3.63, 3.8) is 0 Å². The maximum Gasteiger partial charge on any atom is 0.304 e. The van der Waals surface area contributed by atoms with Gasteiger partial charge in [0.1, 0.15) is 0 Å². The largest absolute Gasteiger partial charge is 0.481 e. The van der Waals surface area contributed by atoms with Crippen molar-refractivity contribution in [1.82, 2.24) is 9.03 Å². The second-order valence-electron chi connectivity index (χ2n) is 4.33. The fraction of sp³-hybridized carbons (Fsp3) is 0.417. The molecule has 2 N–H and O–H groups in total. The number of benzene rings is 1. The lowest BCUT2D eigenvalue weighted by molar-refractivity contribution is -0.137. The molecule has 0 saturated carbocycles. The first-order chi connectivity index (χ1) is 9.24. The van der Waals surface area contributed by atoms with Gasteiger partial charge in [-0.15, -0.1) is 0 Å². The van der Waals surface area contributed by atoms with Crippen LogP contribution in [0.3, 0.4) is 0 Å². The Morgan fingerprint density at radius 2 is 2.05 bits per heavy atom. The van der Waals surface area contributed by atoms with Crippen molar-refractivity contribution >= 4 is 27.8 Å². The van der Waals surface area contributed by atoms with Crippen molar-refractivity contribution in [2.75, 3.05) is 13.6 Å². The van der Waals surface area contributed by atoms with Crippen LogP contribution in [0.15, 0.2) is 24.3 Å². The van der Waals surface area contributed by atoms with Gasteiger partial charge in [-0.25, -0.2) is 0 Å². The number of nitrogens with zero attached hydrogens (tertiary/aromatic N) is 1. The first-order valence-corrected chi connectivity index (χ1v) is 7.75. The van der Waals surface area contributed by atoms with Gasteiger partial charge < -0.3 is 5.11 Å². The van der Waals surface area contributed by atoms with E-state index >= 15 is 0 Å². The summed E-state index contributed by atoms with van der Waals surface area (Å²) < 4.78 is 27.5. The van der Waals surface area contributed by atoms with Gasteiger partial charge in [-0.05, 0) is 18.6 Å². The van der Waals surface area contributed by atoms with Gasteiger partial charge >= 0.3 is 5.97 Å². The van der Waals surface area contributed by atoms with Crippen molar-refractivity contribution in [1.29, 1.82) is 0 Å². The molecular formula is C12H17ClN2O4S. The van der Waals surface area contributed by atoms with Crippen LogP contribution in [-0.2, 0) is 15.0 Å². The van der Waals surface area contributed by atoms with Crippen LogP contribution in [0.2, 0.25) is 5.02 Å². The summed E-state index contributed by atoms with van der Waals surface area (Å²) in [6.07, 6.45) is -0.252. The normalized spacial score (nSPS) is 13.4. The van der Waals surface area contributed by atoms with Crippen molar-refractivity contribution in [2.45, 2.75) is 19.4 Å². The van der Waals surface area contributed by atoms with Crippen molar-refractivity contribution in [3.8, 4) is 0 Å². The number of carboxylic acid groups (broad SMARTS) is 1. The van der Waals surface area contributed by atoms with Gasteiger partial charge in [-0.3, -0.25) is 4.79 Å². The van der Waals surface area contributed by atoms with Gasteiger partial charge in [0.2, 0.25) is 0 Å². The summed E-state index contributed by atoms with van der Waals surface area (Å²) in [5, 5.41) is 9.03. The molecule has 0 bridgehead atoms. The molecule has 0 aliphatic carbocycles. The van der Waals surface area contributed by atoms with E-state index in [1.54, 1.807) is 31.2 Å². The summed E-state index contributed by atoms with van der Waals surface area (Å²) in [5.74, 6) is -1.05. The van der Waals surface area contributed by atoms with Crippen molar-refractivity contribution < 1.29 is 18.3 Å². The Morgan fingerprint density at radius 3 is 2.60 bits per heavy atom. The lowest BCUT2D eigenvalue weighted by atomic mass is 10.1. The molecule has 0 radical (unpaired) electrons. The lowest BCUT2D eigenvalue weighted by Gasteiger charge is -2.21. The summed E-state index contributed by atoms with van der Waals surface area (Å²) >= 11 is 6.00. The van der Waals surface area contributed by atoms with E-state index in [0.29, 0.717) is 10.6 Å². The third kappa shape index (κ3) is 4.75. The van der Waals surface area contributed by atoms with Crippen LogP contribution >= 0.6 is 11.6 Å². The molecule has 0 fully saturated rings. The minimum atomic E-state index is -3.76. The van der Waals surface area contributed by atoms with Gasteiger partial charge in [0.15, 0.2) is 0 Å². The molecule has 0 unspecified atom stereocenters. The Labute approximate surface area is 123 Å². The summed E-state index contributed by atoms with van der Waals surface area (Å²) in [5.41, 5.74) is 0.657. The van der Waals surface area contributed by atoms with Crippen LogP contribution in [0.25, 0.3) is 0 Å². The van der Waals surface area contributed by atoms with Crippen LogP contribution in [0.1, 0.15) is 24.9 Å². The molecule has 0 aromatic heterocycles. The van der Waals surface area contributed by atoms with Gasteiger partial charge in [0.05, 0.1) is 6.42 Å². The SMILES string of the molecule is C[C@@H](NS(=O)(=O)N(C)CCC(=O)O)c1ccccc1Cl. The molecule has 1 rings (SSSR count). The second-order valence-corrected chi connectivity index (χ2v) is 6.55. The van der Waals surface area contributed by atoms with E-state index in [0.717, 1.165) is 4.31 Å². The average Bonchev–Trinajstić information content (AvgIpc) is 2.35. The molecule has 0 aliphatic heterocycles.